The molecule has 1 saturated heterocycles. The molecule has 2 aliphatic rings. The van der Waals surface area contributed by atoms with Gasteiger partial charge >= 0.3 is 0 Å². The number of nitrogens with zero attached hydrogens (tertiary/aromatic N) is 3. The molecular weight excluding hydrogens is 448 g/mol. The molecule has 2 aliphatic heterocycles. The van der Waals surface area contributed by atoms with Crippen molar-refractivity contribution in [1.29, 1.82) is 0 Å². The van der Waals surface area contributed by atoms with E-state index in [1.807, 2.05) is 24.3 Å². The molecule has 0 aliphatic carbocycles. The van der Waals surface area contributed by atoms with Crippen LogP contribution >= 0.6 is 0 Å². The lowest BCUT2D eigenvalue weighted by Crippen LogP contribution is -2.70. The Kier molecular flexibility index (Phi) is 5.47. The molecule has 9 nitrogen and oxygen atoms in total. The third-order valence-electron chi connectivity index (χ3n) is 6.50. The third-order valence-corrected chi connectivity index (χ3v) is 6.50. The molecule has 1 spiro atoms. The molecule has 2 N–H and O–H groups in total. The van der Waals surface area contributed by atoms with E-state index in [2.05, 4.69) is 0 Å². The molecular formula is C26H26N4O5. The van der Waals surface area contributed by atoms with E-state index >= 15 is 0 Å². The quantitative estimate of drug-likeness (QED) is 0.623. The van der Waals surface area contributed by atoms with Gasteiger partial charge in [-0.15, -0.1) is 0 Å². The molecule has 1 fully saturated rings. The fraction of sp³-hybridized carbons (Fsp3) is 0.269. The van der Waals surface area contributed by atoms with Crippen molar-refractivity contribution >= 4 is 17.7 Å². The number of ether oxygens (including phenoxy) is 2. The number of methoxy groups -OCH3 is 1. The first-order valence-corrected chi connectivity index (χ1v) is 11.2. The molecule has 1 aromatic heterocycles. The van der Waals surface area contributed by atoms with Crippen molar-refractivity contribution in [2.24, 2.45) is 12.8 Å². The van der Waals surface area contributed by atoms with Gasteiger partial charge in [0.15, 0.2) is 5.60 Å². The van der Waals surface area contributed by atoms with Crippen LogP contribution in [-0.4, -0.2) is 64.4 Å². The highest BCUT2D eigenvalue weighted by Crippen LogP contribution is 2.36. The minimum absolute atomic E-state index is 0.123. The first-order valence-electron chi connectivity index (χ1n) is 11.2. The lowest BCUT2D eigenvalue weighted by molar-refractivity contribution is -0.0703. The first kappa shape index (κ1) is 22.5. The molecule has 9 heteroatoms. The predicted molar refractivity (Wildman–Crippen MR) is 127 cm³/mol. The van der Waals surface area contributed by atoms with Crippen LogP contribution in [0, 0.1) is 0 Å². The number of aryl methyl sites for hydroxylation is 1. The maximum Gasteiger partial charge on any atom is 0.270 e. The Balaban J connectivity index is 1.41. The smallest absolute Gasteiger partial charge is 0.270 e. The molecule has 0 radical (unpaired) electrons. The molecule has 5 rings (SSSR count). The van der Waals surface area contributed by atoms with Gasteiger partial charge in [-0.05, 0) is 30.3 Å². The minimum Gasteiger partial charge on any atom is -0.497 e. The summed E-state index contributed by atoms with van der Waals surface area (Å²) in [5.74, 6) is 0.354. The summed E-state index contributed by atoms with van der Waals surface area (Å²) in [5.41, 5.74) is 6.70. The van der Waals surface area contributed by atoms with Crippen molar-refractivity contribution in [2.75, 3.05) is 26.7 Å². The van der Waals surface area contributed by atoms with Gasteiger partial charge < -0.3 is 29.6 Å². The average molecular weight is 475 g/mol. The number of benzene rings is 2. The van der Waals surface area contributed by atoms with Crippen molar-refractivity contribution in [2.45, 2.75) is 12.1 Å². The molecule has 2 aromatic carbocycles. The van der Waals surface area contributed by atoms with E-state index in [0.717, 1.165) is 5.56 Å². The van der Waals surface area contributed by atoms with Gasteiger partial charge in [0.05, 0.1) is 32.3 Å². The van der Waals surface area contributed by atoms with Crippen molar-refractivity contribution < 1.29 is 23.9 Å². The van der Waals surface area contributed by atoms with Crippen LogP contribution in [0.25, 0.3) is 0 Å². The van der Waals surface area contributed by atoms with Crippen LogP contribution in [0.1, 0.15) is 36.8 Å². The van der Waals surface area contributed by atoms with Crippen LogP contribution in [-0.2, 0) is 13.6 Å². The number of primary amides is 1. The summed E-state index contributed by atoms with van der Waals surface area (Å²) in [6.45, 7) is 1.30. The molecule has 0 unspecified atom stereocenters. The Labute approximate surface area is 202 Å². The van der Waals surface area contributed by atoms with E-state index in [-0.39, 0.29) is 17.4 Å². The molecule has 0 bridgehead atoms. The molecule has 3 aromatic rings. The zero-order valence-electron chi connectivity index (χ0n) is 19.6. The Morgan fingerprint density at radius 1 is 0.943 bits per heavy atom. The molecule has 0 atom stereocenters. The number of hydrogen-bond acceptors (Lipinski definition) is 5. The van der Waals surface area contributed by atoms with Crippen molar-refractivity contribution in [3.8, 4) is 11.5 Å². The highest BCUT2D eigenvalue weighted by atomic mass is 16.5. The van der Waals surface area contributed by atoms with Gasteiger partial charge in [0.25, 0.3) is 11.8 Å². The zero-order valence-corrected chi connectivity index (χ0v) is 19.6. The van der Waals surface area contributed by atoms with E-state index < -0.39 is 11.5 Å². The normalized spacial score (nSPS) is 16.1. The largest absolute Gasteiger partial charge is 0.497 e. The molecule has 3 heterocycles. The highest BCUT2D eigenvalue weighted by molar-refractivity contribution is 5.99. The maximum absolute atomic E-state index is 13.6. The summed E-state index contributed by atoms with van der Waals surface area (Å²) in [7, 11) is 3.26. The summed E-state index contributed by atoms with van der Waals surface area (Å²) in [6.07, 6.45) is 1.55. The Bertz CT molecular complexity index is 1320. The van der Waals surface area contributed by atoms with Gasteiger partial charge in [-0.25, -0.2) is 0 Å². The maximum atomic E-state index is 13.6. The predicted octanol–water partition coefficient (Wildman–Crippen LogP) is 2.06. The summed E-state index contributed by atoms with van der Waals surface area (Å²) in [5, 5.41) is 0. The van der Waals surface area contributed by atoms with Crippen molar-refractivity contribution in [3.05, 3.63) is 83.2 Å². The van der Waals surface area contributed by atoms with E-state index in [4.69, 9.17) is 15.2 Å². The Morgan fingerprint density at radius 2 is 1.69 bits per heavy atom. The number of hydrogen-bond donors (Lipinski definition) is 1. The summed E-state index contributed by atoms with van der Waals surface area (Å²) in [6, 6.07) is 16.1. The topological polar surface area (TPSA) is 107 Å². The number of likely N-dealkylation sites (tertiary alicyclic amines) is 1. The van der Waals surface area contributed by atoms with Gasteiger partial charge in [-0.2, -0.15) is 0 Å². The lowest BCUT2D eigenvalue weighted by atomic mass is 9.91. The minimum atomic E-state index is -0.742. The Morgan fingerprint density at radius 3 is 2.40 bits per heavy atom. The van der Waals surface area contributed by atoms with E-state index in [0.29, 0.717) is 48.9 Å². The third kappa shape index (κ3) is 4.09. The number of aromatic nitrogens is 1. The SMILES string of the molecule is COc1cccc(C(=O)N2CC3(C2)CN(C(=O)c2cc(C(N)=O)cn2C)Cc2ccccc2O3)c1. The summed E-state index contributed by atoms with van der Waals surface area (Å²) < 4.78 is 13.3. The number of amides is 3. The second-order valence-corrected chi connectivity index (χ2v) is 9.04. The number of carbonyl (C=O) groups is 3. The Hall–Kier alpha value is -4.27. The number of fused-ring (bicyclic) bond motifs is 1. The van der Waals surface area contributed by atoms with Crippen LogP contribution < -0.4 is 15.2 Å². The van der Waals surface area contributed by atoms with Crippen LogP contribution in [0.4, 0.5) is 0 Å². The van der Waals surface area contributed by atoms with Gasteiger partial charge in [0, 0.05) is 30.9 Å². The van der Waals surface area contributed by atoms with Crippen LogP contribution in [0.5, 0.6) is 11.5 Å². The fourth-order valence-electron chi connectivity index (χ4n) is 4.72. The number of para-hydroxylation sites is 1. The van der Waals surface area contributed by atoms with Gasteiger partial charge in [0.1, 0.15) is 17.2 Å². The van der Waals surface area contributed by atoms with E-state index in [1.54, 1.807) is 59.0 Å². The molecule has 0 saturated carbocycles. The van der Waals surface area contributed by atoms with Gasteiger partial charge in [0.2, 0.25) is 5.91 Å². The van der Waals surface area contributed by atoms with Crippen LogP contribution in [0.3, 0.4) is 0 Å². The zero-order chi connectivity index (χ0) is 24.7. The summed E-state index contributed by atoms with van der Waals surface area (Å²) in [4.78, 5) is 41.7. The fourth-order valence-corrected chi connectivity index (χ4v) is 4.72. The van der Waals surface area contributed by atoms with Crippen LogP contribution in [0.15, 0.2) is 60.8 Å². The standard InChI is InChI=1S/C26H26N4O5/c1-28-12-19(23(27)31)11-21(28)25(33)29-13-18-6-3-4-9-22(18)35-26(14-29)15-30(16-26)24(32)17-7-5-8-20(10-17)34-2/h3-12H,13-16H2,1-2H3,(H2,27,31). The van der Waals surface area contributed by atoms with E-state index in [9.17, 15) is 14.4 Å². The second-order valence-electron chi connectivity index (χ2n) is 9.04. The first-order chi connectivity index (χ1) is 16.8. The van der Waals surface area contributed by atoms with Gasteiger partial charge in [-0.1, -0.05) is 24.3 Å². The molecule has 180 valence electrons. The lowest BCUT2D eigenvalue weighted by Gasteiger charge is -2.50. The monoisotopic (exact) mass is 474 g/mol. The van der Waals surface area contributed by atoms with E-state index in [1.165, 1.54) is 6.07 Å². The highest BCUT2D eigenvalue weighted by Gasteiger charge is 2.51. The molecule has 35 heavy (non-hydrogen) atoms. The van der Waals surface area contributed by atoms with Crippen LogP contribution in [0.2, 0.25) is 0 Å². The number of carbonyl (C=O) groups excluding carboxylic acids is 3. The average Bonchev–Trinajstić information content (AvgIpc) is 3.13. The second kappa shape index (κ2) is 8.50. The molecule has 3 amide bonds. The number of nitrogens with two attached hydrogens (primary N) is 1. The number of rotatable bonds is 4. The van der Waals surface area contributed by atoms with Crippen molar-refractivity contribution in [1.82, 2.24) is 14.4 Å². The summed E-state index contributed by atoms with van der Waals surface area (Å²) >= 11 is 0. The van der Waals surface area contributed by atoms with Gasteiger partial charge in [-0.3, -0.25) is 14.4 Å². The van der Waals surface area contributed by atoms with Crippen molar-refractivity contribution in [3.63, 3.8) is 0 Å².